The summed E-state index contributed by atoms with van der Waals surface area (Å²) in [5.41, 5.74) is 1.88. The Kier molecular flexibility index (Phi) is 15.6. The highest BCUT2D eigenvalue weighted by Crippen LogP contribution is 2.13. The van der Waals surface area contributed by atoms with Crippen LogP contribution in [0, 0.1) is 0 Å². The Morgan fingerprint density at radius 3 is 1.87 bits per heavy atom. The Balaban J connectivity index is 1.62. The van der Waals surface area contributed by atoms with Gasteiger partial charge in [-0.3, -0.25) is 24.0 Å². The number of benzene rings is 3. The van der Waals surface area contributed by atoms with E-state index in [1.165, 1.54) is 43.3 Å². The fourth-order valence-electron chi connectivity index (χ4n) is 4.76. The quantitative estimate of drug-likeness (QED) is 0.0806. The molecule has 0 unspecified atom stereocenters. The summed E-state index contributed by atoms with van der Waals surface area (Å²) in [5, 5.41) is 40.4. The van der Waals surface area contributed by atoms with Crippen LogP contribution in [0.15, 0.2) is 78.9 Å². The zero-order valence-corrected chi connectivity index (χ0v) is 28.2. The Hall–Kier alpha value is -6.45. The number of amides is 5. The number of alkyl carbamates (subject to hydrolysis) is 1. The van der Waals surface area contributed by atoms with E-state index in [1.54, 1.807) is 42.5 Å². The fourth-order valence-corrected chi connectivity index (χ4v) is 4.76. The number of aliphatic carboxylic acids is 1. The monoisotopic (exact) mass is 719 g/mol. The third-order valence-electron chi connectivity index (χ3n) is 7.56. The van der Waals surface area contributed by atoms with Crippen LogP contribution in [0.25, 0.3) is 0 Å². The predicted octanol–water partition coefficient (Wildman–Crippen LogP) is 0.832. The van der Waals surface area contributed by atoms with Crippen molar-refractivity contribution in [2.45, 2.75) is 63.4 Å². The van der Waals surface area contributed by atoms with Crippen molar-refractivity contribution >= 4 is 42.0 Å². The molecule has 0 aromatic heterocycles. The van der Waals surface area contributed by atoms with Gasteiger partial charge in [0.2, 0.25) is 23.6 Å². The number of carbonyl (C=O) groups is 7. The van der Waals surface area contributed by atoms with Gasteiger partial charge in [0.1, 0.15) is 42.5 Å². The number of rotatable bonds is 19. The number of phenols is 2. The smallest absolute Gasteiger partial charge is 0.408 e. The van der Waals surface area contributed by atoms with Gasteiger partial charge in [0.05, 0.1) is 12.6 Å². The largest absolute Gasteiger partial charge is 0.508 e. The second kappa shape index (κ2) is 20.3. The number of phenolic OH excluding ortho intramolecular Hbond substituents is 2. The molecular formula is C36H41N5O11. The van der Waals surface area contributed by atoms with Gasteiger partial charge in [-0.05, 0) is 60.7 Å². The molecule has 0 spiro atoms. The highest BCUT2D eigenvalue weighted by Gasteiger charge is 2.29. The number of aldehydes is 1. The molecule has 276 valence electrons. The molecule has 0 heterocycles. The summed E-state index contributed by atoms with van der Waals surface area (Å²) in [6.45, 7) is 0.651. The summed E-state index contributed by atoms with van der Waals surface area (Å²) in [6, 6.07) is 15.7. The number of carboxylic acids is 1. The first-order chi connectivity index (χ1) is 24.8. The molecule has 0 saturated heterocycles. The van der Waals surface area contributed by atoms with E-state index in [-0.39, 0.29) is 37.4 Å². The van der Waals surface area contributed by atoms with Gasteiger partial charge >= 0.3 is 12.1 Å². The first kappa shape index (κ1) is 40.0. The third kappa shape index (κ3) is 14.2. The van der Waals surface area contributed by atoms with Crippen LogP contribution in [0.4, 0.5) is 4.79 Å². The van der Waals surface area contributed by atoms with Crippen molar-refractivity contribution in [3.8, 4) is 11.5 Å². The van der Waals surface area contributed by atoms with Crippen molar-refractivity contribution in [3.63, 3.8) is 0 Å². The average Bonchev–Trinajstić information content (AvgIpc) is 3.12. The van der Waals surface area contributed by atoms with E-state index in [9.17, 15) is 43.8 Å². The van der Waals surface area contributed by atoms with Gasteiger partial charge in [-0.25, -0.2) is 4.79 Å². The van der Waals surface area contributed by atoms with Crippen molar-refractivity contribution in [2.24, 2.45) is 0 Å². The summed E-state index contributed by atoms with van der Waals surface area (Å²) in [7, 11) is 0. The number of carbonyl (C=O) groups excluding carboxylic acids is 6. The van der Waals surface area contributed by atoms with Gasteiger partial charge in [-0.2, -0.15) is 0 Å². The molecule has 16 nitrogen and oxygen atoms in total. The van der Waals surface area contributed by atoms with Crippen molar-refractivity contribution in [2.75, 3.05) is 6.54 Å². The highest BCUT2D eigenvalue weighted by molar-refractivity contribution is 5.95. The minimum atomic E-state index is -1.38. The van der Waals surface area contributed by atoms with Gasteiger partial charge in [-0.15, -0.1) is 0 Å². The van der Waals surface area contributed by atoms with Crippen molar-refractivity contribution in [1.82, 2.24) is 26.6 Å². The summed E-state index contributed by atoms with van der Waals surface area (Å²) in [6.07, 6.45) is -1.21. The topological polar surface area (TPSA) is 250 Å². The van der Waals surface area contributed by atoms with Crippen LogP contribution >= 0.6 is 0 Å². The molecule has 0 radical (unpaired) electrons. The van der Waals surface area contributed by atoms with Gasteiger partial charge < -0.3 is 51.4 Å². The van der Waals surface area contributed by atoms with Crippen LogP contribution in [0.2, 0.25) is 0 Å². The maximum absolute atomic E-state index is 13.3. The van der Waals surface area contributed by atoms with Crippen LogP contribution in [0.1, 0.15) is 36.5 Å². The number of aromatic hydroxyl groups is 2. The number of carboxylic acid groups (broad SMARTS) is 1. The second-order valence-electron chi connectivity index (χ2n) is 11.8. The maximum Gasteiger partial charge on any atom is 0.408 e. The van der Waals surface area contributed by atoms with E-state index in [4.69, 9.17) is 9.84 Å². The molecule has 0 fully saturated rings. The molecule has 0 aliphatic heterocycles. The molecule has 16 heteroatoms. The number of hydrogen-bond donors (Lipinski definition) is 8. The van der Waals surface area contributed by atoms with E-state index < -0.39 is 72.8 Å². The average molecular weight is 720 g/mol. The summed E-state index contributed by atoms with van der Waals surface area (Å²) in [5.74, 6) is -4.39. The molecule has 0 saturated carbocycles. The zero-order valence-electron chi connectivity index (χ0n) is 28.2. The fraction of sp³-hybridized carbons (Fsp3) is 0.306. The van der Waals surface area contributed by atoms with Gasteiger partial charge in [0.25, 0.3) is 0 Å². The maximum atomic E-state index is 13.3. The van der Waals surface area contributed by atoms with Crippen LogP contribution in [-0.4, -0.2) is 88.0 Å². The van der Waals surface area contributed by atoms with Gasteiger partial charge in [0.15, 0.2) is 0 Å². The van der Waals surface area contributed by atoms with E-state index in [0.717, 1.165) is 0 Å². The minimum Gasteiger partial charge on any atom is -0.508 e. The van der Waals surface area contributed by atoms with Gasteiger partial charge in [-0.1, -0.05) is 54.6 Å². The summed E-state index contributed by atoms with van der Waals surface area (Å²) < 4.78 is 5.14. The van der Waals surface area contributed by atoms with E-state index in [1.807, 2.05) is 0 Å². The Bertz CT molecular complexity index is 1680. The van der Waals surface area contributed by atoms with Crippen LogP contribution in [0.3, 0.4) is 0 Å². The minimum absolute atomic E-state index is 0.0335. The summed E-state index contributed by atoms with van der Waals surface area (Å²) >= 11 is 0. The van der Waals surface area contributed by atoms with Crippen LogP contribution < -0.4 is 26.6 Å². The lowest BCUT2D eigenvalue weighted by atomic mass is 10.0. The number of nitrogens with one attached hydrogen (secondary N) is 5. The molecule has 5 amide bonds. The van der Waals surface area contributed by atoms with Gasteiger partial charge in [0, 0.05) is 12.8 Å². The lowest BCUT2D eigenvalue weighted by molar-refractivity contribution is -0.137. The third-order valence-corrected chi connectivity index (χ3v) is 7.56. The second-order valence-corrected chi connectivity index (χ2v) is 11.8. The molecule has 0 aliphatic rings. The SMILES string of the molecule is C[C@H](NC(=O)[C@H](CCC(=O)O)NC(=O)OCc1ccccc1)C(=O)N[C@@H](Cc1ccc(O)cc1)C(=O)NCC(=O)N[C@H](C=O)Cc1ccc(O)cc1. The summed E-state index contributed by atoms with van der Waals surface area (Å²) in [4.78, 5) is 87.5. The Morgan fingerprint density at radius 2 is 1.29 bits per heavy atom. The molecular weight excluding hydrogens is 678 g/mol. The Labute approximate surface area is 298 Å². The normalized spacial score (nSPS) is 12.9. The highest BCUT2D eigenvalue weighted by atomic mass is 16.5. The van der Waals surface area contributed by atoms with Crippen LogP contribution in [0.5, 0.6) is 11.5 Å². The molecule has 3 rings (SSSR count). The number of ether oxygens (including phenoxy) is 1. The van der Waals surface area contributed by atoms with Crippen molar-refractivity contribution in [1.29, 1.82) is 0 Å². The predicted molar refractivity (Wildman–Crippen MR) is 185 cm³/mol. The molecule has 8 N–H and O–H groups in total. The van der Waals surface area contributed by atoms with Crippen LogP contribution in [-0.2, 0) is 53.0 Å². The lowest BCUT2D eigenvalue weighted by Crippen LogP contribution is -2.57. The molecule has 3 aromatic carbocycles. The first-order valence-electron chi connectivity index (χ1n) is 16.2. The lowest BCUT2D eigenvalue weighted by Gasteiger charge is -2.23. The van der Waals surface area contributed by atoms with Crippen molar-refractivity contribution in [3.05, 3.63) is 95.6 Å². The zero-order chi connectivity index (χ0) is 38.0. The standard InChI is InChI=1S/C36H41N5O11/c1-22(38-35(50)29(15-16-32(46)47)41-36(51)52-21-25-5-3-2-4-6-25)33(48)40-30(18-24-9-13-28(44)14-10-24)34(49)37-19-31(45)39-26(20-42)17-23-7-11-27(43)12-8-23/h2-14,20,22,26,29-30,43-44H,15-19,21H2,1H3,(H,37,49)(H,38,50)(H,39,45)(H,40,48)(H,41,51)(H,46,47)/t22-,26-,29-,30-/m0/s1. The molecule has 52 heavy (non-hydrogen) atoms. The number of hydrogen-bond acceptors (Lipinski definition) is 10. The van der Waals surface area contributed by atoms with Crippen molar-refractivity contribution < 1.29 is 53.6 Å². The van der Waals surface area contributed by atoms with E-state index in [2.05, 4.69) is 26.6 Å². The van der Waals surface area contributed by atoms with E-state index in [0.29, 0.717) is 23.0 Å². The molecule has 0 aliphatic carbocycles. The Morgan fingerprint density at radius 1 is 0.692 bits per heavy atom. The molecule has 0 bridgehead atoms. The first-order valence-corrected chi connectivity index (χ1v) is 16.2. The molecule has 3 aromatic rings. The molecule has 4 atom stereocenters. The van der Waals surface area contributed by atoms with E-state index >= 15 is 0 Å².